The summed E-state index contributed by atoms with van der Waals surface area (Å²) in [6.45, 7) is 5.26. The first-order valence-electron chi connectivity index (χ1n) is 5.24. The fourth-order valence-electron chi connectivity index (χ4n) is 1.55. The number of aliphatic hydroxyl groups is 1. The highest BCUT2D eigenvalue weighted by Gasteiger charge is 2.14. The van der Waals surface area contributed by atoms with Gasteiger partial charge in [0.2, 0.25) is 0 Å². The lowest BCUT2D eigenvalue weighted by Crippen LogP contribution is -2.25. The van der Waals surface area contributed by atoms with E-state index in [2.05, 4.69) is 9.88 Å². The minimum atomic E-state index is -0.417. The lowest BCUT2D eigenvalue weighted by Gasteiger charge is -2.17. The van der Waals surface area contributed by atoms with Gasteiger partial charge in [0.25, 0.3) is 0 Å². The van der Waals surface area contributed by atoms with Crippen molar-refractivity contribution in [3.8, 4) is 0 Å². The third kappa shape index (κ3) is 2.68. The number of aromatic nitrogens is 1. The lowest BCUT2D eigenvalue weighted by atomic mass is 10.4. The molecule has 2 rings (SSSR count). The lowest BCUT2D eigenvalue weighted by molar-refractivity contribution is 0.152. The summed E-state index contributed by atoms with van der Waals surface area (Å²) in [5.74, 6) is 0. The number of ether oxygens (including phenoxy) is 1. The zero-order valence-electron chi connectivity index (χ0n) is 8.85. The fraction of sp³-hybridized carbons (Fsp3) is 0.700. The van der Waals surface area contributed by atoms with Crippen molar-refractivity contribution in [2.24, 2.45) is 0 Å². The molecule has 1 unspecified atom stereocenters. The van der Waals surface area contributed by atoms with Crippen molar-refractivity contribution in [1.82, 2.24) is 4.98 Å². The molecule has 1 fully saturated rings. The molecule has 4 nitrogen and oxygen atoms in total. The van der Waals surface area contributed by atoms with Crippen LogP contribution in [0, 0.1) is 0 Å². The fourth-order valence-corrected chi connectivity index (χ4v) is 2.46. The minimum absolute atomic E-state index is 0.417. The van der Waals surface area contributed by atoms with Gasteiger partial charge in [0, 0.05) is 25.9 Å². The predicted octanol–water partition coefficient (Wildman–Crippen LogP) is 1.42. The van der Waals surface area contributed by atoms with Gasteiger partial charge in [0.05, 0.1) is 17.6 Å². The van der Waals surface area contributed by atoms with Crippen LogP contribution in [0.2, 0.25) is 0 Å². The third-order valence-electron chi connectivity index (χ3n) is 2.42. The van der Waals surface area contributed by atoms with E-state index in [-0.39, 0.29) is 0 Å². The second kappa shape index (κ2) is 4.92. The van der Waals surface area contributed by atoms with Crippen molar-refractivity contribution in [1.29, 1.82) is 0 Å². The van der Waals surface area contributed by atoms with Crippen LogP contribution in [0.25, 0.3) is 0 Å². The molecule has 5 heteroatoms. The number of hydrogen-bond acceptors (Lipinski definition) is 5. The van der Waals surface area contributed by atoms with Gasteiger partial charge in [0.15, 0.2) is 5.13 Å². The quantitative estimate of drug-likeness (QED) is 0.831. The summed E-state index contributed by atoms with van der Waals surface area (Å²) in [4.78, 5) is 7.48. The Morgan fingerprint density at radius 2 is 2.40 bits per heavy atom. The van der Waals surface area contributed by atoms with Gasteiger partial charge in [-0.3, -0.25) is 0 Å². The van der Waals surface area contributed by atoms with Crippen molar-refractivity contribution in [2.75, 3.05) is 31.2 Å². The topological polar surface area (TPSA) is 45.6 Å². The Balaban J connectivity index is 2.06. The van der Waals surface area contributed by atoms with E-state index in [1.54, 1.807) is 24.5 Å². The van der Waals surface area contributed by atoms with Crippen molar-refractivity contribution in [3.05, 3.63) is 11.1 Å². The van der Waals surface area contributed by atoms with E-state index in [0.717, 1.165) is 42.7 Å². The molecule has 15 heavy (non-hydrogen) atoms. The Labute approximate surface area is 93.5 Å². The SMILES string of the molecule is CC(O)c1cnc(N2CCCOCC2)s1. The Morgan fingerprint density at radius 1 is 1.53 bits per heavy atom. The maximum Gasteiger partial charge on any atom is 0.185 e. The molecule has 0 aliphatic carbocycles. The molecule has 1 N–H and O–H groups in total. The minimum Gasteiger partial charge on any atom is -0.388 e. The van der Waals surface area contributed by atoms with Crippen LogP contribution in [-0.2, 0) is 4.74 Å². The normalized spacial score (nSPS) is 20.0. The van der Waals surface area contributed by atoms with E-state index in [9.17, 15) is 5.11 Å². The number of anilines is 1. The van der Waals surface area contributed by atoms with E-state index in [0.29, 0.717) is 0 Å². The number of hydrogen-bond donors (Lipinski definition) is 1. The Kier molecular flexibility index (Phi) is 3.56. The Morgan fingerprint density at radius 3 is 3.13 bits per heavy atom. The summed E-state index contributed by atoms with van der Waals surface area (Å²) < 4.78 is 5.39. The van der Waals surface area contributed by atoms with Crippen molar-refractivity contribution < 1.29 is 9.84 Å². The molecule has 0 aromatic carbocycles. The van der Waals surface area contributed by atoms with Gasteiger partial charge in [0.1, 0.15) is 0 Å². The van der Waals surface area contributed by atoms with E-state index < -0.39 is 6.10 Å². The Hall–Kier alpha value is -0.650. The third-order valence-corrected chi connectivity index (χ3v) is 3.64. The molecule has 0 radical (unpaired) electrons. The van der Waals surface area contributed by atoms with Gasteiger partial charge < -0.3 is 14.7 Å². The molecule has 0 amide bonds. The van der Waals surface area contributed by atoms with Crippen LogP contribution >= 0.6 is 11.3 Å². The van der Waals surface area contributed by atoms with E-state index in [4.69, 9.17) is 4.74 Å². The van der Waals surface area contributed by atoms with Gasteiger partial charge in [-0.25, -0.2) is 4.98 Å². The van der Waals surface area contributed by atoms with Crippen LogP contribution in [0.4, 0.5) is 5.13 Å². The zero-order chi connectivity index (χ0) is 10.7. The van der Waals surface area contributed by atoms with Gasteiger partial charge in [-0.05, 0) is 13.3 Å². The standard InChI is InChI=1S/C10H16N2O2S/c1-8(13)9-7-11-10(15-9)12-3-2-5-14-6-4-12/h7-8,13H,2-6H2,1H3. The zero-order valence-corrected chi connectivity index (χ0v) is 9.66. The summed E-state index contributed by atoms with van der Waals surface area (Å²) in [6.07, 6.45) is 2.39. The maximum atomic E-state index is 9.42. The number of aliphatic hydroxyl groups excluding tert-OH is 1. The number of rotatable bonds is 2. The molecular formula is C10H16N2O2S. The van der Waals surface area contributed by atoms with Gasteiger partial charge in [-0.15, -0.1) is 0 Å². The molecule has 1 saturated heterocycles. The van der Waals surface area contributed by atoms with Crippen LogP contribution in [0.1, 0.15) is 24.3 Å². The van der Waals surface area contributed by atoms with E-state index in [1.807, 2.05) is 0 Å². The van der Waals surface area contributed by atoms with Crippen molar-refractivity contribution >= 4 is 16.5 Å². The first-order chi connectivity index (χ1) is 7.27. The molecule has 2 heterocycles. The van der Waals surface area contributed by atoms with Gasteiger partial charge in [-0.1, -0.05) is 11.3 Å². The maximum absolute atomic E-state index is 9.42. The van der Waals surface area contributed by atoms with Crippen molar-refractivity contribution in [2.45, 2.75) is 19.4 Å². The molecule has 1 aromatic heterocycles. The Bertz CT molecular complexity index is 306. The summed E-state index contributed by atoms with van der Waals surface area (Å²) >= 11 is 1.57. The van der Waals surface area contributed by atoms with E-state index >= 15 is 0 Å². The molecule has 84 valence electrons. The smallest absolute Gasteiger partial charge is 0.185 e. The molecule has 1 aliphatic rings. The van der Waals surface area contributed by atoms with Crippen LogP contribution in [0.5, 0.6) is 0 Å². The summed E-state index contributed by atoms with van der Waals surface area (Å²) in [5.41, 5.74) is 0. The first kappa shape index (κ1) is 10.9. The number of nitrogens with zero attached hydrogens (tertiary/aromatic N) is 2. The highest BCUT2D eigenvalue weighted by molar-refractivity contribution is 7.15. The monoisotopic (exact) mass is 228 g/mol. The van der Waals surface area contributed by atoms with Crippen molar-refractivity contribution in [3.63, 3.8) is 0 Å². The molecule has 0 spiro atoms. The largest absolute Gasteiger partial charge is 0.388 e. The van der Waals surface area contributed by atoms with Crippen LogP contribution < -0.4 is 4.90 Å². The summed E-state index contributed by atoms with van der Waals surface area (Å²) in [6, 6.07) is 0. The highest BCUT2D eigenvalue weighted by atomic mass is 32.1. The average molecular weight is 228 g/mol. The molecule has 1 aromatic rings. The van der Waals surface area contributed by atoms with Gasteiger partial charge >= 0.3 is 0 Å². The molecule has 0 bridgehead atoms. The second-order valence-electron chi connectivity index (χ2n) is 3.67. The first-order valence-corrected chi connectivity index (χ1v) is 6.05. The molecule has 0 saturated carbocycles. The van der Waals surface area contributed by atoms with Crippen LogP contribution in [-0.4, -0.2) is 36.4 Å². The number of thiazole rings is 1. The average Bonchev–Trinajstić information content (AvgIpc) is 2.55. The highest BCUT2D eigenvalue weighted by Crippen LogP contribution is 2.27. The molecule has 1 atom stereocenters. The summed E-state index contributed by atoms with van der Waals surface area (Å²) in [5, 5.41) is 10.4. The molecular weight excluding hydrogens is 212 g/mol. The molecule has 1 aliphatic heterocycles. The second-order valence-corrected chi connectivity index (χ2v) is 4.71. The summed E-state index contributed by atoms with van der Waals surface area (Å²) in [7, 11) is 0. The van der Waals surface area contributed by atoms with Gasteiger partial charge in [-0.2, -0.15) is 0 Å². The predicted molar refractivity (Wildman–Crippen MR) is 60.4 cm³/mol. The van der Waals surface area contributed by atoms with E-state index in [1.165, 1.54) is 0 Å². The van der Waals surface area contributed by atoms with Crippen LogP contribution in [0.3, 0.4) is 0 Å². The van der Waals surface area contributed by atoms with Crippen LogP contribution in [0.15, 0.2) is 6.20 Å².